The van der Waals surface area contributed by atoms with Crippen LogP contribution in [-0.4, -0.2) is 45.3 Å². The van der Waals surface area contributed by atoms with Crippen LogP contribution in [0.1, 0.15) is 132 Å². The molecule has 4 heteroatoms. The molecule has 0 bridgehead atoms. The molecular formula is C22H46MgO3. The molecule has 0 aliphatic rings. The molecule has 0 heterocycles. The van der Waals surface area contributed by atoms with Crippen LogP contribution >= 0.6 is 0 Å². The van der Waals surface area contributed by atoms with Gasteiger partial charge in [0.05, 0.1) is 0 Å². The summed E-state index contributed by atoms with van der Waals surface area (Å²) in [5, 5.41) is 17.7. The summed E-state index contributed by atoms with van der Waals surface area (Å²) < 4.78 is 0. The number of aliphatic carboxylic acids is 1. The minimum atomic E-state index is -1.17. The molecule has 3 nitrogen and oxygen atoms in total. The summed E-state index contributed by atoms with van der Waals surface area (Å²) in [6.45, 7) is 2.28. The molecule has 0 rings (SSSR count). The Morgan fingerprint density at radius 1 is 0.654 bits per heavy atom. The fourth-order valence-corrected chi connectivity index (χ4v) is 3.36. The van der Waals surface area contributed by atoms with Gasteiger partial charge in [-0.05, 0) is 6.42 Å². The van der Waals surface area contributed by atoms with E-state index in [1.165, 1.54) is 103 Å². The number of rotatable bonds is 20. The van der Waals surface area contributed by atoms with E-state index < -0.39 is 12.1 Å². The molecule has 26 heavy (non-hydrogen) atoms. The predicted molar refractivity (Wildman–Crippen MR) is 115 cm³/mol. The van der Waals surface area contributed by atoms with Crippen molar-refractivity contribution in [3.63, 3.8) is 0 Å². The first-order chi connectivity index (χ1) is 12.2. The summed E-state index contributed by atoms with van der Waals surface area (Å²) >= 11 is 0. The zero-order valence-electron chi connectivity index (χ0n) is 19.5. The van der Waals surface area contributed by atoms with E-state index in [-0.39, 0.29) is 25.9 Å². The van der Waals surface area contributed by atoms with Crippen LogP contribution in [0.2, 0.25) is 0 Å². The number of carboxylic acids is 1. The van der Waals surface area contributed by atoms with E-state index in [1.54, 1.807) is 0 Å². The van der Waals surface area contributed by atoms with Gasteiger partial charge < -0.3 is 13.1 Å². The van der Waals surface area contributed by atoms with E-state index in [0.717, 1.165) is 12.8 Å². The van der Waals surface area contributed by atoms with Gasteiger partial charge in [0.2, 0.25) is 0 Å². The molecule has 0 aliphatic carbocycles. The molecule has 2 N–H and O–H groups in total. The second-order valence-corrected chi connectivity index (χ2v) is 7.65. The van der Waals surface area contributed by atoms with Crippen molar-refractivity contribution in [3.8, 4) is 0 Å². The van der Waals surface area contributed by atoms with Crippen LogP contribution in [0.4, 0.5) is 0 Å². The van der Waals surface area contributed by atoms with Gasteiger partial charge in [-0.25, -0.2) is 4.79 Å². The molecule has 0 amide bonds. The van der Waals surface area contributed by atoms with Gasteiger partial charge in [-0.2, -0.15) is 0 Å². The van der Waals surface area contributed by atoms with Gasteiger partial charge in [0.25, 0.3) is 0 Å². The van der Waals surface area contributed by atoms with E-state index in [2.05, 4.69) is 6.92 Å². The summed E-state index contributed by atoms with van der Waals surface area (Å²) in [6.07, 6.45) is 23.1. The number of hydrogen-bond acceptors (Lipinski definition) is 2. The summed E-state index contributed by atoms with van der Waals surface area (Å²) in [5.41, 5.74) is 0. The van der Waals surface area contributed by atoms with Crippen molar-refractivity contribution >= 4 is 29.0 Å². The number of carbonyl (C=O) groups is 1. The van der Waals surface area contributed by atoms with Crippen molar-refractivity contribution in [2.45, 2.75) is 135 Å². The smallest absolute Gasteiger partial charge is 1.00 e. The first-order valence-corrected chi connectivity index (χ1v) is 11.1. The molecule has 1 atom stereocenters. The second kappa shape index (κ2) is 23.2. The third-order valence-corrected chi connectivity index (χ3v) is 5.12. The van der Waals surface area contributed by atoms with E-state index in [1.807, 2.05) is 0 Å². The molecule has 0 aromatic rings. The number of aliphatic hydroxyl groups is 1. The maximum atomic E-state index is 10.5. The number of unbranched alkanes of at least 4 members (excludes halogenated alkanes) is 17. The van der Waals surface area contributed by atoms with Gasteiger partial charge in [0.1, 0.15) is 0 Å². The van der Waals surface area contributed by atoms with Crippen LogP contribution in [0.3, 0.4) is 0 Å². The molecule has 1 unspecified atom stereocenters. The van der Waals surface area contributed by atoms with Crippen molar-refractivity contribution < 1.29 is 17.9 Å². The molecule has 0 aromatic carbocycles. The van der Waals surface area contributed by atoms with E-state index in [0.29, 0.717) is 6.42 Å². The van der Waals surface area contributed by atoms with E-state index in [9.17, 15) is 4.79 Å². The Morgan fingerprint density at radius 3 is 1.19 bits per heavy atom. The largest absolute Gasteiger partial charge is 2.00 e. The van der Waals surface area contributed by atoms with Crippen LogP contribution < -0.4 is 0 Å². The summed E-state index contributed by atoms with van der Waals surface area (Å²) in [7, 11) is 0. The SMILES string of the molecule is CCCCCCCCCCCCCCCCCCCCC(O)C(=O)O.[H-].[H-].[Mg+2]. The topological polar surface area (TPSA) is 57.5 Å². The van der Waals surface area contributed by atoms with Crippen molar-refractivity contribution in [2.75, 3.05) is 0 Å². The van der Waals surface area contributed by atoms with Crippen LogP contribution in [0, 0.1) is 0 Å². The average molecular weight is 383 g/mol. The average Bonchev–Trinajstić information content (AvgIpc) is 2.60. The summed E-state index contributed by atoms with van der Waals surface area (Å²) in [4.78, 5) is 10.5. The maximum absolute atomic E-state index is 10.5. The van der Waals surface area contributed by atoms with Gasteiger partial charge in [-0.1, -0.05) is 122 Å². The Balaban J connectivity index is -0.000000960. The Bertz CT molecular complexity index is 295. The maximum Gasteiger partial charge on any atom is 2.00 e. The number of carboxylic acid groups (broad SMARTS) is 1. The van der Waals surface area contributed by atoms with Crippen LogP contribution in [0.15, 0.2) is 0 Å². The van der Waals surface area contributed by atoms with Gasteiger partial charge >= 0.3 is 29.0 Å². The van der Waals surface area contributed by atoms with Crippen LogP contribution in [0.5, 0.6) is 0 Å². The fraction of sp³-hybridized carbons (Fsp3) is 0.955. The minimum absolute atomic E-state index is 0. The molecule has 0 radical (unpaired) electrons. The standard InChI is InChI=1S/C22H44O3.Mg.2H/c1-2-3-4-5-6-7-8-9-10-11-12-13-14-15-16-17-18-19-20-21(23)22(24)25;;;/h21,23H,2-20H2,1H3,(H,24,25);;;/q;+2;2*-1. The molecule has 0 spiro atoms. The molecular weight excluding hydrogens is 337 g/mol. The minimum Gasteiger partial charge on any atom is -1.00 e. The van der Waals surface area contributed by atoms with Crippen molar-refractivity contribution in [3.05, 3.63) is 0 Å². The quantitative estimate of drug-likeness (QED) is 0.182. The zero-order valence-corrected chi connectivity index (χ0v) is 18.9. The Kier molecular flexibility index (Phi) is 25.4. The monoisotopic (exact) mass is 382 g/mol. The van der Waals surface area contributed by atoms with Gasteiger partial charge in [-0.3, -0.25) is 0 Å². The first-order valence-electron chi connectivity index (χ1n) is 11.1. The molecule has 0 saturated carbocycles. The van der Waals surface area contributed by atoms with Crippen LogP contribution in [-0.2, 0) is 4.79 Å². The molecule has 0 aromatic heterocycles. The Morgan fingerprint density at radius 2 is 0.923 bits per heavy atom. The number of aliphatic hydroxyl groups excluding tert-OH is 1. The van der Waals surface area contributed by atoms with E-state index >= 15 is 0 Å². The zero-order chi connectivity index (χ0) is 18.6. The molecule has 0 fully saturated rings. The second-order valence-electron chi connectivity index (χ2n) is 7.65. The van der Waals surface area contributed by atoms with Crippen molar-refractivity contribution in [2.24, 2.45) is 0 Å². The molecule has 0 aliphatic heterocycles. The Hall–Kier alpha value is 0.196. The number of hydrogen-bond donors (Lipinski definition) is 2. The van der Waals surface area contributed by atoms with E-state index in [4.69, 9.17) is 10.2 Å². The fourth-order valence-electron chi connectivity index (χ4n) is 3.36. The predicted octanol–water partition coefficient (Wildman–Crippen LogP) is 6.71. The third kappa shape index (κ3) is 22.2. The van der Waals surface area contributed by atoms with Gasteiger partial charge in [-0.15, -0.1) is 0 Å². The summed E-state index contributed by atoms with van der Waals surface area (Å²) in [5.74, 6) is -1.09. The van der Waals surface area contributed by atoms with Gasteiger partial charge in [0.15, 0.2) is 6.10 Å². The molecule has 154 valence electrons. The van der Waals surface area contributed by atoms with Crippen LogP contribution in [0.25, 0.3) is 0 Å². The first kappa shape index (κ1) is 28.4. The van der Waals surface area contributed by atoms with Gasteiger partial charge in [0, 0.05) is 0 Å². The third-order valence-electron chi connectivity index (χ3n) is 5.12. The van der Waals surface area contributed by atoms with Crippen molar-refractivity contribution in [1.82, 2.24) is 0 Å². The summed E-state index contributed by atoms with van der Waals surface area (Å²) in [6, 6.07) is 0. The van der Waals surface area contributed by atoms with Crippen molar-refractivity contribution in [1.29, 1.82) is 0 Å². The Labute approximate surface area is 181 Å². The molecule has 0 saturated heterocycles. The normalized spacial score (nSPS) is 11.9.